The van der Waals surface area contributed by atoms with Crippen molar-refractivity contribution in [2.75, 3.05) is 16.4 Å². The van der Waals surface area contributed by atoms with Crippen LogP contribution in [0.15, 0.2) is 88.1 Å². The maximum Gasteiger partial charge on any atom is 0.412 e. The molecule has 0 saturated heterocycles. The second-order valence-electron chi connectivity index (χ2n) is 12.3. The number of hydrogen-bond acceptors (Lipinski definition) is 10. The average molecular weight is 677 g/mol. The van der Waals surface area contributed by atoms with Crippen LogP contribution in [0.5, 0.6) is 0 Å². The fourth-order valence-electron chi connectivity index (χ4n) is 3.69. The summed E-state index contributed by atoms with van der Waals surface area (Å²) in [6.45, 7) is 14.6. The van der Waals surface area contributed by atoms with Crippen molar-refractivity contribution in [3.63, 3.8) is 0 Å². The van der Waals surface area contributed by atoms with Gasteiger partial charge >= 0.3 is 12.2 Å². The molecule has 0 spiro atoms. The van der Waals surface area contributed by atoms with Gasteiger partial charge in [-0.3, -0.25) is 20.6 Å². The second kappa shape index (κ2) is 16.5. The number of carbonyl (C=O) groups is 2. The maximum absolute atomic E-state index is 11.7. The lowest BCUT2D eigenvalue weighted by atomic mass is 10.2. The predicted octanol–water partition coefficient (Wildman–Crippen LogP) is 9.31. The molecule has 0 aromatic carbocycles. The fraction of sp³-hybridized carbons (Fsp3) is 0.286. The van der Waals surface area contributed by atoms with Gasteiger partial charge in [0.05, 0.1) is 0 Å². The first-order valence-corrected chi connectivity index (χ1v) is 15.3. The number of nitrogens with one attached hydrogen (secondary N) is 2. The Bertz CT molecular complexity index is 1810. The lowest BCUT2D eigenvalue weighted by molar-refractivity contribution is 0.0624. The molecule has 5 rings (SSSR count). The zero-order valence-corrected chi connectivity index (χ0v) is 29.0. The Morgan fingerprint density at radius 1 is 0.667 bits per heavy atom. The van der Waals surface area contributed by atoms with Gasteiger partial charge in [-0.25, -0.2) is 14.6 Å². The van der Waals surface area contributed by atoms with Gasteiger partial charge in [-0.15, -0.1) is 0 Å². The van der Waals surface area contributed by atoms with Gasteiger partial charge < -0.3 is 24.0 Å². The molecule has 0 aliphatic rings. The van der Waals surface area contributed by atoms with Crippen molar-refractivity contribution < 1.29 is 27.9 Å². The molecule has 0 saturated carbocycles. The average Bonchev–Trinajstić information content (AvgIpc) is 3.60. The third kappa shape index (κ3) is 13.6. The minimum absolute atomic E-state index is 0.323. The van der Waals surface area contributed by atoms with Crippen molar-refractivity contribution in [1.82, 2.24) is 15.0 Å². The van der Waals surface area contributed by atoms with Gasteiger partial charge in [0.2, 0.25) is 0 Å². The number of furan rings is 2. The van der Waals surface area contributed by atoms with E-state index in [1.54, 1.807) is 69.6 Å². The third-order valence-electron chi connectivity index (χ3n) is 5.55. The fourth-order valence-corrected chi connectivity index (χ4v) is 3.87. The molecule has 0 bridgehead atoms. The van der Waals surface area contributed by atoms with Crippen LogP contribution in [0, 0.1) is 13.8 Å². The number of nitrogens with zero attached hydrogens (tertiary/aromatic N) is 3. The van der Waals surface area contributed by atoms with Gasteiger partial charge in [0.1, 0.15) is 39.3 Å². The second-order valence-corrected chi connectivity index (χ2v) is 12.7. The van der Waals surface area contributed by atoms with E-state index >= 15 is 0 Å². The van der Waals surface area contributed by atoms with Crippen LogP contribution in [0.1, 0.15) is 53.1 Å². The van der Waals surface area contributed by atoms with Crippen molar-refractivity contribution in [2.45, 2.75) is 66.6 Å². The monoisotopic (exact) mass is 676 g/mol. The van der Waals surface area contributed by atoms with Gasteiger partial charge in [0.15, 0.2) is 11.5 Å². The molecule has 0 aliphatic heterocycles. The van der Waals surface area contributed by atoms with E-state index in [-0.39, 0.29) is 0 Å². The van der Waals surface area contributed by atoms with Crippen LogP contribution >= 0.6 is 11.6 Å². The number of rotatable bonds is 4. The predicted molar refractivity (Wildman–Crippen MR) is 187 cm³/mol. The van der Waals surface area contributed by atoms with Crippen molar-refractivity contribution in [2.24, 2.45) is 0 Å². The molecule has 0 atom stereocenters. The molecule has 48 heavy (non-hydrogen) atoms. The molecule has 5 aromatic heterocycles. The summed E-state index contributed by atoms with van der Waals surface area (Å²) in [6, 6.07) is 17.7. The summed E-state index contributed by atoms with van der Waals surface area (Å²) in [5.74, 6) is 3.10. The largest absolute Gasteiger partial charge is 0.460 e. The number of carbonyl (C=O) groups excluding carboxylic acids is 2. The lowest BCUT2D eigenvalue weighted by Crippen LogP contribution is -2.27. The molecule has 254 valence electrons. The minimum Gasteiger partial charge on any atom is -0.460 e. The van der Waals surface area contributed by atoms with Crippen LogP contribution in [0.3, 0.4) is 0 Å². The minimum atomic E-state index is -0.530. The molecule has 13 heteroatoms. The number of pyridine rings is 3. The number of amides is 2. The summed E-state index contributed by atoms with van der Waals surface area (Å²) in [6.07, 6.45) is 3.78. The van der Waals surface area contributed by atoms with Crippen LogP contribution in [0.2, 0.25) is 5.15 Å². The van der Waals surface area contributed by atoms with Gasteiger partial charge in [-0.05, 0) is 116 Å². The Morgan fingerprint density at radius 3 is 1.52 bits per heavy atom. The Kier molecular flexibility index (Phi) is 12.7. The molecule has 5 aromatic rings. The standard InChI is InChI=1S/C15H18N2O3.C10H13ClN2O2.C10H10N2O/c1-10-5-6-13(19-10)12-9-11(7-8-16-12)17-14(18)20-15(2,3)4;1-10(2,3)15-9(14)13-7-4-5-12-8(11)6-7;1-7-2-3-10(13-7)9-6-8(11)4-5-12-9/h5-9H,1-4H3,(H,16,17,18);4-6H,1-3H3,(H,12,13,14);2-6H,1H3,(H2,11,12). The number of anilines is 3. The molecule has 5 heterocycles. The SMILES string of the molecule is CC(C)(C)OC(=O)Nc1ccnc(Cl)c1.Cc1ccc(-c2cc(N)ccn2)o1.Cc1ccc(-c2cc(NC(=O)OC(C)(C)C)ccn2)o1. The van der Waals surface area contributed by atoms with Crippen LogP contribution in [-0.4, -0.2) is 38.3 Å². The van der Waals surface area contributed by atoms with Crippen LogP contribution in [0.25, 0.3) is 22.9 Å². The smallest absolute Gasteiger partial charge is 0.412 e. The first kappa shape index (κ1) is 37.1. The Morgan fingerprint density at radius 2 is 1.10 bits per heavy atom. The van der Waals surface area contributed by atoms with Crippen molar-refractivity contribution in [3.8, 4) is 22.9 Å². The maximum atomic E-state index is 11.7. The van der Waals surface area contributed by atoms with Crippen molar-refractivity contribution >= 4 is 40.8 Å². The Balaban J connectivity index is 0.000000201. The van der Waals surface area contributed by atoms with Crippen LogP contribution in [-0.2, 0) is 9.47 Å². The molecule has 0 aliphatic carbocycles. The highest BCUT2D eigenvalue weighted by molar-refractivity contribution is 6.29. The highest BCUT2D eigenvalue weighted by Gasteiger charge is 2.17. The quantitative estimate of drug-likeness (QED) is 0.156. The zero-order chi connectivity index (χ0) is 35.5. The highest BCUT2D eigenvalue weighted by atomic mass is 35.5. The highest BCUT2D eigenvalue weighted by Crippen LogP contribution is 2.23. The molecule has 12 nitrogen and oxygen atoms in total. The number of nitrogen functional groups attached to an aromatic ring is 1. The van der Waals surface area contributed by atoms with Gasteiger partial charge in [0.25, 0.3) is 0 Å². The van der Waals surface area contributed by atoms with E-state index in [1.807, 2.05) is 58.9 Å². The molecular formula is C35H41ClN6O6. The van der Waals surface area contributed by atoms with Crippen LogP contribution in [0.4, 0.5) is 26.7 Å². The summed E-state index contributed by atoms with van der Waals surface area (Å²) < 4.78 is 21.2. The molecule has 0 fully saturated rings. The van der Waals surface area contributed by atoms with Gasteiger partial charge in [-0.1, -0.05) is 11.6 Å². The number of ether oxygens (including phenoxy) is 2. The molecule has 0 unspecified atom stereocenters. The molecule has 0 radical (unpaired) electrons. The van der Waals surface area contributed by atoms with E-state index < -0.39 is 23.4 Å². The molecule has 2 amide bonds. The third-order valence-corrected chi connectivity index (χ3v) is 5.75. The van der Waals surface area contributed by atoms with E-state index in [9.17, 15) is 9.59 Å². The first-order valence-electron chi connectivity index (χ1n) is 14.9. The number of aryl methyl sites for hydroxylation is 2. The van der Waals surface area contributed by atoms with E-state index in [0.29, 0.717) is 33.7 Å². The number of halogens is 1. The summed E-state index contributed by atoms with van der Waals surface area (Å²) in [7, 11) is 0. The number of hydrogen-bond donors (Lipinski definition) is 3. The number of aromatic nitrogens is 3. The van der Waals surface area contributed by atoms with Crippen LogP contribution < -0.4 is 16.4 Å². The normalized spacial score (nSPS) is 10.9. The summed E-state index contributed by atoms with van der Waals surface area (Å²) in [5.41, 5.74) is 7.87. The number of nitrogens with two attached hydrogens (primary N) is 1. The summed E-state index contributed by atoms with van der Waals surface area (Å²) >= 11 is 5.66. The Labute approximate surface area is 285 Å². The van der Waals surface area contributed by atoms with Gasteiger partial charge in [0, 0.05) is 35.7 Å². The Hall–Kier alpha value is -5.36. The van der Waals surface area contributed by atoms with E-state index in [0.717, 1.165) is 23.0 Å². The molecular weight excluding hydrogens is 636 g/mol. The van der Waals surface area contributed by atoms with E-state index in [1.165, 1.54) is 6.20 Å². The summed E-state index contributed by atoms with van der Waals surface area (Å²) in [4.78, 5) is 35.2. The zero-order valence-electron chi connectivity index (χ0n) is 28.3. The van der Waals surface area contributed by atoms with E-state index in [4.69, 9.17) is 35.6 Å². The van der Waals surface area contributed by atoms with Gasteiger partial charge in [-0.2, -0.15) is 0 Å². The van der Waals surface area contributed by atoms with Crippen molar-refractivity contribution in [3.05, 3.63) is 95.9 Å². The summed E-state index contributed by atoms with van der Waals surface area (Å²) in [5, 5.41) is 5.55. The lowest BCUT2D eigenvalue weighted by Gasteiger charge is -2.19. The topological polar surface area (TPSA) is 168 Å². The molecule has 4 N–H and O–H groups in total. The van der Waals surface area contributed by atoms with Crippen molar-refractivity contribution in [1.29, 1.82) is 0 Å². The van der Waals surface area contributed by atoms with E-state index in [2.05, 4.69) is 25.6 Å². The first-order chi connectivity index (χ1) is 22.5.